The van der Waals surface area contributed by atoms with Gasteiger partial charge in [-0.2, -0.15) is 0 Å². The number of aliphatic hydroxyl groups excluding tert-OH is 5. The van der Waals surface area contributed by atoms with E-state index in [9.17, 15) is 30.3 Å². The van der Waals surface area contributed by atoms with Crippen molar-refractivity contribution in [1.29, 1.82) is 0 Å². The molecule has 9 nitrogen and oxygen atoms in total. The largest absolute Gasteiger partial charge is 0.394 e. The van der Waals surface area contributed by atoms with Crippen LogP contribution < -0.4 is 5.32 Å². The molecule has 1 saturated heterocycles. The van der Waals surface area contributed by atoms with Gasteiger partial charge in [0.05, 0.1) is 25.4 Å². The van der Waals surface area contributed by atoms with Crippen LogP contribution >= 0.6 is 0 Å². The van der Waals surface area contributed by atoms with Gasteiger partial charge in [0, 0.05) is 6.42 Å². The minimum atomic E-state index is -1.56. The number of aliphatic hydroxyl groups is 5. The maximum Gasteiger partial charge on any atom is 0.220 e. The van der Waals surface area contributed by atoms with Gasteiger partial charge in [-0.15, -0.1) is 0 Å². The Balaban J connectivity index is 2.25. The molecule has 0 radical (unpaired) electrons. The van der Waals surface area contributed by atoms with Gasteiger partial charge in [-0.25, -0.2) is 0 Å². The maximum atomic E-state index is 13.0. The molecule has 1 amide bonds. The number of unbranched alkanes of at least 4 members (excludes halogenated alkanes) is 11. The van der Waals surface area contributed by atoms with E-state index in [0.717, 1.165) is 103 Å². The summed E-state index contributed by atoms with van der Waals surface area (Å²) in [7, 11) is 0. The number of amides is 1. The fourth-order valence-electron chi connectivity index (χ4n) is 6.97. The quantitative estimate of drug-likeness (QED) is 0.0264. The summed E-state index contributed by atoms with van der Waals surface area (Å²) in [5, 5.41) is 54.2. The molecule has 1 fully saturated rings. The van der Waals surface area contributed by atoms with Crippen LogP contribution in [0, 0.1) is 0 Å². The lowest BCUT2D eigenvalue weighted by molar-refractivity contribution is -0.302. The first-order valence-electron chi connectivity index (χ1n) is 24.6. The topological polar surface area (TPSA) is 149 Å². The summed E-state index contributed by atoms with van der Waals surface area (Å²) in [6.45, 7) is 3.65. The van der Waals surface area contributed by atoms with Crippen LogP contribution in [-0.2, 0) is 14.3 Å². The van der Waals surface area contributed by atoms with Gasteiger partial charge in [-0.3, -0.25) is 4.79 Å². The van der Waals surface area contributed by atoms with Crippen LogP contribution in [0.2, 0.25) is 0 Å². The first-order chi connectivity index (χ1) is 30.8. The van der Waals surface area contributed by atoms with Crippen molar-refractivity contribution in [3.63, 3.8) is 0 Å². The predicted octanol–water partition coefficient (Wildman–Crippen LogP) is 11.1. The van der Waals surface area contributed by atoms with Gasteiger partial charge in [-0.05, 0) is 83.5 Å². The van der Waals surface area contributed by atoms with E-state index in [0.29, 0.717) is 12.8 Å². The molecule has 9 heteroatoms. The van der Waals surface area contributed by atoms with E-state index in [1.165, 1.54) is 38.5 Å². The molecule has 0 aromatic carbocycles. The van der Waals surface area contributed by atoms with Crippen molar-refractivity contribution in [2.24, 2.45) is 0 Å². The second-order valence-electron chi connectivity index (χ2n) is 16.5. The number of hydrogen-bond acceptors (Lipinski definition) is 8. The molecule has 7 unspecified atom stereocenters. The molecule has 0 saturated carbocycles. The van der Waals surface area contributed by atoms with E-state index >= 15 is 0 Å². The van der Waals surface area contributed by atoms with Gasteiger partial charge in [0.1, 0.15) is 24.4 Å². The zero-order valence-corrected chi connectivity index (χ0v) is 39.3. The predicted molar refractivity (Wildman–Crippen MR) is 262 cm³/mol. The second-order valence-corrected chi connectivity index (χ2v) is 16.5. The number of allylic oxidation sites excluding steroid dienone is 18. The molecule has 63 heavy (non-hydrogen) atoms. The van der Waals surface area contributed by atoms with E-state index in [-0.39, 0.29) is 12.5 Å². The monoisotopic (exact) mass is 880 g/mol. The van der Waals surface area contributed by atoms with Crippen LogP contribution in [0.3, 0.4) is 0 Å². The molecule has 1 aliphatic rings. The van der Waals surface area contributed by atoms with Crippen molar-refractivity contribution in [3.05, 3.63) is 109 Å². The standard InChI is InChI=1S/C54H89NO8/c1-3-5-7-9-11-13-14-15-16-17-18-19-20-21-22-23-24-25-26-27-28-29-30-31-32-33-34-36-38-40-42-44-50(58)55-47(48(57)43-41-39-37-35-12-10-8-6-4-2)46-62-54-53(61)52(60)51(59)49(45-56)63-54/h5,7,11,13,15-16,18-19,21-22,24-25,27-28,30-31,33-34,47-49,51-54,56-57,59-61H,3-4,6,8-10,12,14,17,20,23,26,29,32,35-46H2,1-2H3,(H,55,58)/b7-5-,13-11-,16-15-,19-18-,22-21-,25-24-,28-27-,31-30-,34-33-. The maximum absolute atomic E-state index is 13.0. The molecule has 1 aliphatic heterocycles. The summed E-state index contributed by atoms with van der Waals surface area (Å²) in [6, 6.07) is -0.743. The number of nitrogens with one attached hydrogen (secondary N) is 1. The average Bonchev–Trinajstić information content (AvgIpc) is 3.28. The summed E-state index contributed by atoms with van der Waals surface area (Å²) >= 11 is 0. The van der Waals surface area contributed by atoms with Crippen LogP contribution in [0.1, 0.15) is 168 Å². The third-order valence-corrected chi connectivity index (χ3v) is 10.9. The van der Waals surface area contributed by atoms with Gasteiger partial charge in [0.2, 0.25) is 5.91 Å². The van der Waals surface area contributed by atoms with Crippen LogP contribution in [0.25, 0.3) is 0 Å². The lowest BCUT2D eigenvalue weighted by Gasteiger charge is -2.40. The van der Waals surface area contributed by atoms with Crippen LogP contribution in [-0.4, -0.2) is 87.5 Å². The Hall–Kier alpha value is -3.15. The number of rotatable bonds is 39. The summed E-state index contributed by atoms with van der Waals surface area (Å²) in [5.41, 5.74) is 0. The van der Waals surface area contributed by atoms with E-state index in [1.54, 1.807) is 0 Å². The highest BCUT2D eigenvalue weighted by atomic mass is 16.7. The molecule has 1 rings (SSSR count). The Morgan fingerprint density at radius 3 is 1.44 bits per heavy atom. The van der Waals surface area contributed by atoms with Gasteiger partial charge in [0.15, 0.2) is 6.29 Å². The third kappa shape index (κ3) is 33.1. The minimum absolute atomic E-state index is 0.160. The second kappa shape index (κ2) is 42.8. The van der Waals surface area contributed by atoms with Gasteiger partial charge >= 0.3 is 0 Å². The normalized spacial score (nSPS) is 21.2. The first kappa shape index (κ1) is 57.9. The Morgan fingerprint density at radius 1 is 0.556 bits per heavy atom. The molecule has 7 atom stereocenters. The summed E-state index contributed by atoms with van der Waals surface area (Å²) in [6.07, 6.45) is 55.4. The smallest absolute Gasteiger partial charge is 0.220 e. The van der Waals surface area contributed by atoms with E-state index in [2.05, 4.69) is 129 Å². The van der Waals surface area contributed by atoms with Crippen molar-refractivity contribution in [2.45, 2.75) is 211 Å². The number of hydrogen-bond donors (Lipinski definition) is 6. The molecule has 0 bridgehead atoms. The molecular formula is C54H89NO8. The summed E-state index contributed by atoms with van der Waals surface area (Å²) in [5.74, 6) is -0.185. The summed E-state index contributed by atoms with van der Waals surface area (Å²) in [4.78, 5) is 13.0. The third-order valence-electron chi connectivity index (χ3n) is 10.9. The van der Waals surface area contributed by atoms with Gasteiger partial charge < -0.3 is 40.3 Å². The van der Waals surface area contributed by atoms with E-state index in [4.69, 9.17) is 9.47 Å². The Bertz CT molecular complexity index is 1340. The molecule has 0 aromatic heterocycles. The van der Waals surface area contributed by atoms with E-state index in [1.807, 2.05) is 0 Å². The van der Waals surface area contributed by atoms with Gasteiger partial charge in [0.25, 0.3) is 0 Å². The fourth-order valence-corrected chi connectivity index (χ4v) is 6.97. The fraction of sp³-hybridized carbons (Fsp3) is 0.648. The molecule has 1 heterocycles. The molecule has 358 valence electrons. The zero-order valence-electron chi connectivity index (χ0n) is 39.3. The zero-order chi connectivity index (χ0) is 45.9. The van der Waals surface area contributed by atoms with Crippen molar-refractivity contribution in [2.75, 3.05) is 13.2 Å². The lowest BCUT2D eigenvalue weighted by Crippen LogP contribution is -2.60. The number of carbonyl (C=O) groups excluding carboxylic acids is 1. The van der Waals surface area contributed by atoms with Crippen molar-refractivity contribution < 1.29 is 39.8 Å². The lowest BCUT2D eigenvalue weighted by atomic mass is 9.99. The Labute approximate surface area is 383 Å². The van der Waals surface area contributed by atoms with Crippen LogP contribution in [0.15, 0.2) is 109 Å². The SMILES string of the molecule is CC/C=C\C/C=C\C/C=C\C/C=C\C/C=C\C/C=C\C/C=C\C/C=C\C/C=C\CCCCCC(=O)NC(COC1OC(CO)C(O)C(O)C1O)C(O)CCCCCCCCCCC. The average molecular weight is 880 g/mol. The Kier molecular flexibility index (Phi) is 39.3. The highest BCUT2D eigenvalue weighted by Gasteiger charge is 2.44. The van der Waals surface area contributed by atoms with E-state index < -0.39 is 49.5 Å². The molecule has 0 aliphatic carbocycles. The van der Waals surface area contributed by atoms with Gasteiger partial charge in [-0.1, -0.05) is 187 Å². The van der Waals surface area contributed by atoms with Crippen molar-refractivity contribution in [3.8, 4) is 0 Å². The van der Waals surface area contributed by atoms with Crippen LogP contribution in [0.4, 0.5) is 0 Å². The number of carbonyl (C=O) groups is 1. The molecule has 0 aromatic rings. The molecular weight excluding hydrogens is 791 g/mol. The highest BCUT2D eigenvalue weighted by Crippen LogP contribution is 2.23. The molecule has 0 spiro atoms. The minimum Gasteiger partial charge on any atom is -0.394 e. The Morgan fingerprint density at radius 2 is 0.984 bits per heavy atom. The van der Waals surface area contributed by atoms with Crippen molar-refractivity contribution >= 4 is 5.91 Å². The highest BCUT2D eigenvalue weighted by molar-refractivity contribution is 5.76. The first-order valence-corrected chi connectivity index (χ1v) is 24.6. The molecule has 6 N–H and O–H groups in total. The number of ether oxygens (including phenoxy) is 2. The van der Waals surface area contributed by atoms with Crippen molar-refractivity contribution in [1.82, 2.24) is 5.32 Å². The van der Waals surface area contributed by atoms with Crippen LogP contribution in [0.5, 0.6) is 0 Å². The summed E-state index contributed by atoms with van der Waals surface area (Å²) < 4.78 is 11.2.